The summed E-state index contributed by atoms with van der Waals surface area (Å²) in [6.45, 7) is 0.551. The molecule has 0 aliphatic heterocycles. The van der Waals surface area contributed by atoms with Gasteiger partial charge in [-0.2, -0.15) is 18.3 Å². The quantitative estimate of drug-likeness (QED) is 0.363. The summed E-state index contributed by atoms with van der Waals surface area (Å²) in [5.74, 6) is 0.375. The first-order valence-corrected chi connectivity index (χ1v) is 10.9. The van der Waals surface area contributed by atoms with Crippen molar-refractivity contribution in [1.82, 2.24) is 19.7 Å². The molecular weight excluding hydrogens is 463 g/mol. The van der Waals surface area contributed by atoms with E-state index in [-0.39, 0.29) is 6.04 Å². The van der Waals surface area contributed by atoms with Crippen LogP contribution in [0.2, 0.25) is 5.02 Å². The lowest BCUT2D eigenvalue weighted by atomic mass is 9.97. The number of nitrogen functional groups attached to an aromatic ring is 1. The van der Waals surface area contributed by atoms with Crippen LogP contribution in [-0.4, -0.2) is 40.3 Å². The second-order valence-corrected chi connectivity index (χ2v) is 8.67. The van der Waals surface area contributed by atoms with Crippen molar-refractivity contribution < 1.29 is 13.2 Å². The lowest BCUT2D eigenvalue weighted by Gasteiger charge is -2.22. The van der Waals surface area contributed by atoms with Gasteiger partial charge in [0.15, 0.2) is 0 Å². The lowest BCUT2D eigenvalue weighted by Crippen LogP contribution is -2.26. The Morgan fingerprint density at radius 2 is 1.68 bits per heavy atom. The average molecular weight is 486 g/mol. The van der Waals surface area contributed by atoms with Crippen LogP contribution >= 0.6 is 11.6 Å². The fraction of sp³-hybridized carbons (Fsp3) is 0.200. The Bertz CT molecular complexity index is 1270. The summed E-state index contributed by atoms with van der Waals surface area (Å²) in [6.07, 6.45) is 0.851. The molecular formula is C25H23ClF3N5. The minimum Gasteiger partial charge on any atom is -0.383 e. The van der Waals surface area contributed by atoms with Crippen molar-refractivity contribution in [2.45, 2.75) is 12.2 Å². The van der Waals surface area contributed by atoms with E-state index in [0.717, 1.165) is 39.9 Å². The van der Waals surface area contributed by atoms with E-state index in [1.807, 2.05) is 43.4 Å². The van der Waals surface area contributed by atoms with Gasteiger partial charge in [0.25, 0.3) is 0 Å². The van der Waals surface area contributed by atoms with Crippen LogP contribution in [0.4, 0.5) is 19.0 Å². The topological polar surface area (TPSA) is 60.0 Å². The number of anilines is 1. The molecule has 1 unspecified atom stereocenters. The summed E-state index contributed by atoms with van der Waals surface area (Å²) >= 11 is 6.04. The molecule has 2 heterocycles. The molecule has 0 bridgehead atoms. The zero-order chi connectivity index (χ0) is 24.5. The summed E-state index contributed by atoms with van der Waals surface area (Å²) in [6, 6.07) is 14.1. The molecule has 0 fully saturated rings. The van der Waals surface area contributed by atoms with Gasteiger partial charge in [0.2, 0.25) is 0 Å². The fourth-order valence-corrected chi connectivity index (χ4v) is 3.99. The highest BCUT2D eigenvalue weighted by atomic mass is 35.5. The van der Waals surface area contributed by atoms with E-state index in [1.165, 1.54) is 12.1 Å². The van der Waals surface area contributed by atoms with Crippen LogP contribution < -0.4 is 5.73 Å². The van der Waals surface area contributed by atoms with Crippen LogP contribution in [0.25, 0.3) is 22.3 Å². The maximum Gasteiger partial charge on any atom is 0.416 e. The van der Waals surface area contributed by atoms with Gasteiger partial charge < -0.3 is 10.6 Å². The summed E-state index contributed by atoms with van der Waals surface area (Å²) in [5.41, 5.74) is 9.56. The normalized spacial score (nSPS) is 12.8. The molecule has 0 saturated carbocycles. The Labute approximate surface area is 200 Å². The molecule has 2 N–H and O–H groups in total. The molecule has 0 saturated heterocycles. The number of pyridine rings is 1. The maximum absolute atomic E-state index is 13.0. The Hall–Kier alpha value is -3.36. The first kappa shape index (κ1) is 23.8. The largest absolute Gasteiger partial charge is 0.416 e. The van der Waals surface area contributed by atoms with Crippen molar-refractivity contribution in [2.24, 2.45) is 0 Å². The monoisotopic (exact) mass is 485 g/mol. The van der Waals surface area contributed by atoms with Crippen LogP contribution in [0.1, 0.15) is 17.2 Å². The summed E-state index contributed by atoms with van der Waals surface area (Å²) in [5, 5.41) is 5.17. The van der Waals surface area contributed by atoms with E-state index in [2.05, 4.69) is 10.1 Å². The zero-order valence-electron chi connectivity index (χ0n) is 18.6. The molecule has 9 heteroatoms. The average Bonchev–Trinajstić information content (AvgIpc) is 3.27. The minimum atomic E-state index is -4.38. The third kappa shape index (κ3) is 5.08. The first-order valence-electron chi connectivity index (χ1n) is 10.5. The Morgan fingerprint density at radius 1 is 1.00 bits per heavy atom. The fourth-order valence-electron chi connectivity index (χ4n) is 3.87. The number of rotatable bonds is 6. The highest BCUT2D eigenvalue weighted by Gasteiger charge is 2.30. The van der Waals surface area contributed by atoms with Crippen LogP contribution in [0.15, 0.2) is 73.2 Å². The van der Waals surface area contributed by atoms with E-state index in [9.17, 15) is 13.2 Å². The van der Waals surface area contributed by atoms with Gasteiger partial charge in [-0.05, 0) is 61.1 Å². The summed E-state index contributed by atoms with van der Waals surface area (Å²) in [7, 11) is 3.81. The van der Waals surface area contributed by atoms with Crippen LogP contribution in [-0.2, 0) is 6.18 Å². The standard InChI is InChI=1S/C25H23ClF3N5/c1-33(2)15-22(16-3-7-19(8-4-16)25(27,28)29)34-14-18(13-32-34)21-11-12-31-24(30)23(21)17-5-9-20(26)10-6-17/h3-14,22H,15H2,1-2H3,(H2,30,31). The Balaban J connectivity index is 1.74. The van der Waals surface area contributed by atoms with E-state index < -0.39 is 11.7 Å². The zero-order valence-corrected chi connectivity index (χ0v) is 19.3. The van der Waals surface area contributed by atoms with Crippen molar-refractivity contribution in [3.63, 3.8) is 0 Å². The van der Waals surface area contributed by atoms with Crippen molar-refractivity contribution in [3.05, 3.63) is 89.3 Å². The molecule has 0 radical (unpaired) electrons. The third-order valence-corrected chi connectivity index (χ3v) is 5.76. The number of alkyl halides is 3. The van der Waals surface area contributed by atoms with Crippen molar-refractivity contribution in [1.29, 1.82) is 0 Å². The molecule has 0 aliphatic rings. The van der Waals surface area contributed by atoms with Gasteiger partial charge in [-0.1, -0.05) is 35.9 Å². The second-order valence-electron chi connectivity index (χ2n) is 8.23. The number of aromatic nitrogens is 3. The van der Waals surface area contributed by atoms with E-state index in [4.69, 9.17) is 17.3 Å². The molecule has 4 aromatic rings. The molecule has 1 atom stereocenters. The second kappa shape index (κ2) is 9.48. The number of hydrogen-bond donors (Lipinski definition) is 1. The number of hydrogen-bond acceptors (Lipinski definition) is 4. The highest BCUT2D eigenvalue weighted by Crippen LogP contribution is 2.36. The van der Waals surface area contributed by atoms with E-state index >= 15 is 0 Å². The summed E-state index contributed by atoms with van der Waals surface area (Å²) in [4.78, 5) is 6.21. The molecule has 0 spiro atoms. The van der Waals surface area contributed by atoms with Gasteiger partial charge >= 0.3 is 6.18 Å². The number of benzene rings is 2. The van der Waals surface area contributed by atoms with Gasteiger partial charge in [0.1, 0.15) is 5.82 Å². The van der Waals surface area contributed by atoms with Crippen LogP contribution in [0.3, 0.4) is 0 Å². The van der Waals surface area contributed by atoms with Crippen molar-refractivity contribution in [2.75, 3.05) is 26.4 Å². The van der Waals surface area contributed by atoms with Crippen molar-refractivity contribution >= 4 is 17.4 Å². The molecule has 2 aromatic heterocycles. The Kier molecular flexibility index (Phi) is 6.63. The predicted octanol–water partition coefficient (Wildman–Crippen LogP) is 6.02. The third-order valence-electron chi connectivity index (χ3n) is 5.51. The number of nitrogens with two attached hydrogens (primary N) is 1. The molecule has 176 valence electrons. The Morgan fingerprint density at radius 3 is 2.29 bits per heavy atom. The van der Waals surface area contributed by atoms with Crippen molar-refractivity contribution in [3.8, 4) is 22.3 Å². The smallest absolute Gasteiger partial charge is 0.383 e. The van der Waals surface area contributed by atoms with Gasteiger partial charge in [-0.25, -0.2) is 4.98 Å². The molecule has 0 aliphatic carbocycles. The lowest BCUT2D eigenvalue weighted by molar-refractivity contribution is -0.137. The SMILES string of the molecule is CN(C)CC(c1ccc(C(F)(F)F)cc1)n1cc(-c2ccnc(N)c2-c2ccc(Cl)cc2)cn1. The van der Waals surface area contributed by atoms with Crippen LogP contribution in [0, 0.1) is 0 Å². The number of nitrogens with zero attached hydrogens (tertiary/aromatic N) is 4. The van der Waals surface area contributed by atoms with E-state index in [0.29, 0.717) is 17.4 Å². The molecule has 5 nitrogen and oxygen atoms in total. The first-order chi connectivity index (χ1) is 16.1. The molecule has 4 rings (SSSR count). The minimum absolute atomic E-state index is 0.288. The molecule has 34 heavy (non-hydrogen) atoms. The summed E-state index contributed by atoms with van der Waals surface area (Å²) < 4.78 is 40.9. The number of halogens is 4. The van der Waals surface area contributed by atoms with E-state index in [1.54, 1.807) is 29.2 Å². The molecule has 2 aromatic carbocycles. The van der Waals surface area contributed by atoms with Gasteiger partial charge in [0.05, 0.1) is 17.8 Å². The van der Waals surface area contributed by atoms with Gasteiger partial charge in [-0.3, -0.25) is 4.68 Å². The van der Waals surface area contributed by atoms with Crippen LogP contribution in [0.5, 0.6) is 0 Å². The van der Waals surface area contributed by atoms with Gasteiger partial charge in [-0.15, -0.1) is 0 Å². The predicted molar refractivity (Wildman–Crippen MR) is 128 cm³/mol. The number of likely N-dealkylation sites (N-methyl/N-ethyl adjacent to an activating group) is 1. The highest BCUT2D eigenvalue weighted by molar-refractivity contribution is 6.30. The molecule has 0 amide bonds. The maximum atomic E-state index is 13.0. The van der Waals surface area contributed by atoms with Gasteiger partial charge in [0, 0.05) is 35.1 Å².